The Labute approximate surface area is 127 Å². The number of amides is 1. The zero-order chi connectivity index (χ0) is 15.7. The van der Waals surface area contributed by atoms with E-state index in [4.69, 9.17) is 11.0 Å². The molecule has 0 aliphatic carbocycles. The van der Waals surface area contributed by atoms with Crippen LogP contribution in [0.2, 0.25) is 0 Å². The van der Waals surface area contributed by atoms with Crippen LogP contribution < -0.4 is 11.1 Å². The summed E-state index contributed by atoms with van der Waals surface area (Å²) in [5.41, 5.74) is 6.64. The minimum absolute atomic E-state index is 0.0371. The van der Waals surface area contributed by atoms with E-state index in [0.717, 1.165) is 43.5 Å². The fourth-order valence-electron chi connectivity index (χ4n) is 2.04. The number of nitrogens with zero attached hydrogens (tertiary/aromatic N) is 1. The summed E-state index contributed by atoms with van der Waals surface area (Å²) in [6.45, 7) is 4.47. The topological polar surface area (TPSA) is 78.9 Å². The first-order valence-corrected chi connectivity index (χ1v) is 7.51. The first-order valence-electron chi connectivity index (χ1n) is 7.51. The second-order valence-electron chi connectivity index (χ2n) is 5.82. The number of nitrogens with two attached hydrogens (primary N) is 1. The molecule has 4 nitrogen and oxygen atoms in total. The molecule has 21 heavy (non-hydrogen) atoms. The van der Waals surface area contributed by atoms with Gasteiger partial charge in [0.1, 0.15) is 0 Å². The maximum Gasteiger partial charge on any atom is 0.224 e. The lowest BCUT2D eigenvalue weighted by Crippen LogP contribution is -2.14. The Balaban J connectivity index is 2.42. The fraction of sp³-hybridized carbons (Fsp3) is 0.529. The summed E-state index contributed by atoms with van der Waals surface area (Å²) in [6, 6.07) is 9.74. The van der Waals surface area contributed by atoms with Crippen molar-refractivity contribution in [3.05, 3.63) is 29.8 Å². The molecule has 0 atom stereocenters. The van der Waals surface area contributed by atoms with E-state index in [0.29, 0.717) is 6.42 Å². The lowest BCUT2D eigenvalue weighted by atomic mass is 9.86. The largest absolute Gasteiger partial charge is 0.330 e. The highest BCUT2D eigenvalue weighted by Gasteiger charge is 2.19. The Hall–Kier alpha value is -1.86. The molecule has 0 saturated carbocycles. The summed E-state index contributed by atoms with van der Waals surface area (Å²) < 4.78 is 0. The second kappa shape index (κ2) is 8.43. The van der Waals surface area contributed by atoms with Gasteiger partial charge in [-0.1, -0.05) is 25.0 Å². The van der Waals surface area contributed by atoms with Crippen molar-refractivity contribution in [1.82, 2.24) is 0 Å². The highest BCUT2D eigenvalue weighted by molar-refractivity contribution is 5.90. The van der Waals surface area contributed by atoms with Crippen LogP contribution in [-0.2, 0) is 10.2 Å². The van der Waals surface area contributed by atoms with E-state index < -0.39 is 5.41 Å². The lowest BCUT2D eigenvalue weighted by Gasteiger charge is -2.16. The molecule has 0 aromatic heterocycles. The molecule has 0 aliphatic rings. The van der Waals surface area contributed by atoms with Gasteiger partial charge in [-0.05, 0) is 50.9 Å². The van der Waals surface area contributed by atoms with Crippen molar-refractivity contribution < 1.29 is 4.79 Å². The molecule has 0 aliphatic heterocycles. The number of carbonyl (C=O) groups excluding carboxylic acids is 1. The number of nitriles is 1. The Morgan fingerprint density at radius 3 is 2.38 bits per heavy atom. The molecule has 1 rings (SSSR count). The molecular formula is C17H25N3O. The van der Waals surface area contributed by atoms with Crippen molar-refractivity contribution in [2.24, 2.45) is 5.73 Å². The van der Waals surface area contributed by atoms with Crippen LogP contribution in [0.1, 0.15) is 51.5 Å². The summed E-state index contributed by atoms with van der Waals surface area (Å²) in [5, 5.41) is 12.0. The molecule has 114 valence electrons. The first kappa shape index (κ1) is 17.2. The summed E-state index contributed by atoms with van der Waals surface area (Å²) in [4.78, 5) is 11.8. The molecule has 4 heteroatoms. The molecule has 0 spiro atoms. The Kier molecular flexibility index (Phi) is 6.90. The third-order valence-corrected chi connectivity index (χ3v) is 3.53. The van der Waals surface area contributed by atoms with Gasteiger partial charge in [0.25, 0.3) is 0 Å². The molecule has 0 heterocycles. The van der Waals surface area contributed by atoms with E-state index >= 15 is 0 Å². The summed E-state index contributed by atoms with van der Waals surface area (Å²) in [5.74, 6) is 0.0371. The van der Waals surface area contributed by atoms with Crippen molar-refractivity contribution in [3.8, 4) is 6.07 Å². The Bertz CT molecular complexity index is 486. The number of hydrogen-bond donors (Lipinski definition) is 2. The maximum atomic E-state index is 11.8. The van der Waals surface area contributed by atoms with E-state index in [2.05, 4.69) is 11.4 Å². The van der Waals surface area contributed by atoms with Gasteiger partial charge in [0.15, 0.2) is 0 Å². The van der Waals surface area contributed by atoms with Crippen molar-refractivity contribution in [2.45, 2.75) is 51.4 Å². The van der Waals surface area contributed by atoms with E-state index in [-0.39, 0.29) is 5.91 Å². The number of rotatable bonds is 8. The number of nitrogens with one attached hydrogen (secondary N) is 1. The van der Waals surface area contributed by atoms with Gasteiger partial charge < -0.3 is 11.1 Å². The van der Waals surface area contributed by atoms with Gasteiger partial charge in [0.05, 0.1) is 11.5 Å². The van der Waals surface area contributed by atoms with Gasteiger partial charge in [-0.25, -0.2) is 0 Å². The molecule has 0 unspecified atom stereocenters. The molecule has 0 saturated heterocycles. The minimum atomic E-state index is -0.508. The monoisotopic (exact) mass is 287 g/mol. The van der Waals surface area contributed by atoms with Crippen LogP contribution in [0.5, 0.6) is 0 Å². The van der Waals surface area contributed by atoms with Crippen LogP contribution >= 0.6 is 0 Å². The van der Waals surface area contributed by atoms with Crippen molar-refractivity contribution in [1.29, 1.82) is 5.26 Å². The highest BCUT2D eigenvalue weighted by atomic mass is 16.1. The fourth-order valence-corrected chi connectivity index (χ4v) is 2.04. The smallest absolute Gasteiger partial charge is 0.224 e. The molecule has 1 aromatic carbocycles. The normalized spacial score (nSPS) is 11.0. The van der Waals surface area contributed by atoms with Gasteiger partial charge in [0, 0.05) is 12.1 Å². The van der Waals surface area contributed by atoms with Crippen LogP contribution in [0.3, 0.4) is 0 Å². The minimum Gasteiger partial charge on any atom is -0.330 e. The van der Waals surface area contributed by atoms with Crippen LogP contribution in [0, 0.1) is 11.3 Å². The van der Waals surface area contributed by atoms with Crippen LogP contribution in [-0.4, -0.2) is 12.5 Å². The van der Waals surface area contributed by atoms with Gasteiger partial charge in [-0.15, -0.1) is 0 Å². The number of unbranched alkanes of at least 4 members (excludes halogenated alkanes) is 3. The quantitative estimate of drug-likeness (QED) is 0.720. The third-order valence-electron chi connectivity index (χ3n) is 3.53. The second-order valence-corrected chi connectivity index (χ2v) is 5.82. The first-order chi connectivity index (χ1) is 9.99. The standard InChI is InChI=1S/C17H25N3O/c1-17(2,13-19)14-8-10-15(11-9-14)20-16(21)7-5-3-4-6-12-18/h8-11H,3-7,12,18H2,1-2H3,(H,20,21). The molecule has 0 radical (unpaired) electrons. The zero-order valence-electron chi connectivity index (χ0n) is 13.0. The molecule has 0 bridgehead atoms. The number of carbonyl (C=O) groups is 1. The summed E-state index contributed by atoms with van der Waals surface area (Å²) in [7, 11) is 0. The zero-order valence-corrected chi connectivity index (χ0v) is 13.0. The van der Waals surface area contributed by atoms with Crippen molar-refractivity contribution in [2.75, 3.05) is 11.9 Å². The molecule has 3 N–H and O–H groups in total. The molecule has 1 amide bonds. The van der Waals surface area contributed by atoms with Gasteiger partial charge in [0.2, 0.25) is 5.91 Å². The molecule has 1 aromatic rings. The van der Waals surface area contributed by atoms with Crippen molar-refractivity contribution in [3.63, 3.8) is 0 Å². The average molecular weight is 287 g/mol. The van der Waals surface area contributed by atoms with E-state index in [1.54, 1.807) is 0 Å². The Morgan fingerprint density at radius 2 is 1.81 bits per heavy atom. The van der Waals surface area contributed by atoms with Crippen LogP contribution in [0.4, 0.5) is 5.69 Å². The Morgan fingerprint density at radius 1 is 1.19 bits per heavy atom. The number of hydrogen-bond acceptors (Lipinski definition) is 3. The number of benzene rings is 1. The molecular weight excluding hydrogens is 262 g/mol. The van der Waals surface area contributed by atoms with Crippen LogP contribution in [0.25, 0.3) is 0 Å². The maximum absolute atomic E-state index is 11.8. The highest BCUT2D eigenvalue weighted by Crippen LogP contribution is 2.23. The summed E-state index contributed by atoms with van der Waals surface area (Å²) >= 11 is 0. The van der Waals surface area contributed by atoms with E-state index in [1.807, 2.05) is 38.1 Å². The van der Waals surface area contributed by atoms with Gasteiger partial charge in [-0.2, -0.15) is 5.26 Å². The SMILES string of the molecule is CC(C)(C#N)c1ccc(NC(=O)CCCCCCN)cc1. The van der Waals surface area contributed by atoms with Crippen LogP contribution in [0.15, 0.2) is 24.3 Å². The van der Waals surface area contributed by atoms with E-state index in [9.17, 15) is 4.79 Å². The van der Waals surface area contributed by atoms with E-state index in [1.165, 1.54) is 0 Å². The predicted octanol–water partition coefficient (Wildman–Crippen LogP) is 3.34. The van der Waals surface area contributed by atoms with Gasteiger partial charge >= 0.3 is 0 Å². The van der Waals surface area contributed by atoms with Gasteiger partial charge in [-0.3, -0.25) is 4.79 Å². The third kappa shape index (κ3) is 5.97. The molecule has 0 fully saturated rings. The lowest BCUT2D eigenvalue weighted by molar-refractivity contribution is -0.116. The predicted molar refractivity (Wildman–Crippen MR) is 85.9 cm³/mol. The average Bonchev–Trinajstić information content (AvgIpc) is 2.47. The number of anilines is 1. The van der Waals surface area contributed by atoms with Crippen molar-refractivity contribution >= 4 is 11.6 Å². The summed E-state index contributed by atoms with van der Waals surface area (Å²) in [6.07, 6.45) is 4.58.